The number of benzene rings is 2. The molecule has 0 atom stereocenters. The second-order valence-corrected chi connectivity index (χ2v) is 6.48. The van der Waals surface area contributed by atoms with E-state index in [-0.39, 0.29) is 5.91 Å². The van der Waals surface area contributed by atoms with Crippen LogP contribution in [0.5, 0.6) is 0 Å². The third-order valence-corrected chi connectivity index (χ3v) is 4.46. The molecule has 28 heavy (non-hydrogen) atoms. The summed E-state index contributed by atoms with van der Waals surface area (Å²) in [5, 5.41) is 3.67. The van der Waals surface area contributed by atoms with Gasteiger partial charge in [-0.05, 0) is 43.2 Å². The first kappa shape index (κ1) is 17.5. The third-order valence-electron chi connectivity index (χ3n) is 4.46. The lowest BCUT2D eigenvalue weighted by Crippen LogP contribution is -2.15. The van der Waals surface area contributed by atoms with Crippen LogP contribution in [0.3, 0.4) is 0 Å². The third kappa shape index (κ3) is 3.49. The highest BCUT2D eigenvalue weighted by atomic mass is 16.1. The molecule has 5 heteroatoms. The van der Waals surface area contributed by atoms with E-state index in [1.807, 2.05) is 68.6 Å². The number of fused-ring (bicyclic) bond motifs is 1. The molecule has 0 spiro atoms. The monoisotopic (exact) mass is 366 g/mol. The summed E-state index contributed by atoms with van der Waals surface area (Å²) in [5.41, 5.74) is 4.55. The second-order valence-electron chi connectivity index (χ2n) is 6.48. The van der Waals surface area contributed by atoms with Gasteiger partial charge in [-0.25, -0.2) is 9.97 Å². The summed E-state index contributed by atoms with van der Waals surface area (Å²) in [7, 11) is 1.81. The van der Waals surface area contributed by atoms with E-state index in [4.69, 9.17) is 0 Å². The lowest BCUT2D eigenvalue weighted by atomic mass is 10.2. The second kappa shape index (κ2) is 7.37. The van der Waals surface area contributed by atoms with Gasteiger partial charge >= 0.3 is 0 Å². The summed E-state index contributed by atoms with van der Waals surface area (Å²) in [6.45, 7) is 2.01. The summed E-state index contributed by atoms with van der Waals surface area (Å²) >= 11 is 0. The molecule has 0 radical (unpaired) electrons. The molecule has 2 aromatic heterocycles. The van der Waals surface area contributed by atoms with E-state index in [1.54, 1.807) is 10.6 Å². The maximum atomic E-state index is 12.8. The van der Waals surface area contributed by atoms with Crippen LogP contribution in [0.25, 0.3) is 11.0 Å². The highest BCUT2D eigenvalue weighted by Crippen LogP contribution is 2.20. The normalized spacial score (nSPS) is 10.4. The molecule has 4 aromatic rings. The zero-order chi connectivity index (χ0) is 19.5. The fraction of sp³-hybridized carbons (Fsp3) is 0.0870. The van der Waals surface area contributed by atoms with Gasteiger partial charge in [-0.2, -0.15) is 0 Å². The highest BCUT2D eigenvalue weighted by molar-refractivity contribution is 6.06. The molecule has 5 nitrogen and oxygen atoms in total. The molecular weight excluding hydrogens is 348 g/mol. The van der Waals surface area contributed by atoms with Gasteiger partial charge in [-0.3, -0.25) is 4.79 Å². The minimum atomic E-state index is -0.202. The Morgan fingerprint density at radius 3 is 2.50 bits per heavy atom. The molecule has 2 aromatic carbocycles. The number of hydrogen-bond acceptors (Lipinski definition) is 3. The summed E-state index contributed by atoms with van der Waals surface area (Å²) in [4.78, 5) is 21.4. The van der Waals surface area contributed by atoms with Gasteiger partial charge in [0.1, 0.15) is 23.4 Å². The van der Waals surface area contributed by atoms with E-state index in [9.17, 15) is 4.79 Å². The van der Waals surface area contributed by atoms with Gasteiger partial charge in [0.05, 0.1) is 5.39 Å². The Balaban J connectivity index is 1.69. The Bertz CT molecular complexity index is 1210. The van der Waals surface area contributed by atoms with Crippen molar-refractivity contribution >= 4 is 22.6 Å². The fourth-order valence-corrected chi connectivity index (χ4v) is 2.94. The van der Waals surface area contributed by atoms with Gasteiger partial charge < -0.3 is 9.88 Å². The van der Waals surface area contributed by atoms with E-state index >= 15 is 0 Å². The Labute approximate surface area is 163 Å². The zero-order valence-electron chi connectivity index (χ0n) is 15.6. The molecule has 2 heterocycles. The van der Waals surface area contributed by atoms with Gasteiger partial charge in [-0.1, -0.05) is 41.8 Å². The zero-order valence-corrected chi connectivity index (χ0v) is 15.6. The number of aromatic nitrogens is 3. The van der Waals surface area contributed by atoms with Crippen molar-refractivity contribution in [2.24, 2.45) is 7.05 Å². The Hall–Kier alpha value is -3.91. The van der Waals surface area contributed by atoms with Crippen molar-refractivity contribution in [3.8, 4) is 11.8 Å². The number of amides is 1. The first-order chi connectivity index (χ1) is 13.6. The number of anilines is 1. The molecule has 0 aliphatic heterocycles. The van der Waals surface area contributed by atoms with Crippen molar-refractivity contribution in [1.82, 2.24) is 14.5 Å². The van der Waals surface area contributed by atoms with Crippen LogP contribution in [0.1, 0.15) is 27.3 Å². The van der Waals surface area contributed by atoms with Crippen LogP contribution >= 0.6 is 0 Å². The van der Waals surface area contributed by atoms with Gasteiger partial charge in [0.15, 0.2) is 0 Å². The van der Waals surface area contributed by atoms with Crippen molar-refractivity contribution in [3.05, 3.63) is 89.5 Å². The van der Waals surface area contributed by atoms with Gasteiger partial charge in [0, 0.05) is 18.3 Å². The molecule has 1 N–H and O–H groups in total. The minimum absolute atomic E-state index is 0.202. The lowest BCUT2D eigenvalue weighted by Gasteiger charge is -2.06. The molecule has 136 valence electrons. The molecule has 0 aliphatic carbocycles. The number of rotatable bonds is 2. The Morgan fingerprint density at radius 1 is 1.00 bits per heavy atom. The van der Waals surface area contributed by atoms with Crippen LogP contribution in [-0.2, 0) is 7.05 Å². The predicted octanol–water partition coefficient (Wildman–Crippen LogP) is 3.93. The summed E-state index contributed by atoms with van der Waals surface area (Å²) in [5.74, 6) is 6.00. The van der Waals surface area contributed by atoms with Crippen molar-refractivity contribution < 1.29 is 4.79 Å². The van der Waals surface area contributed by atoms with E-state index in [0.29, 0.717) is 17.0 Å². The molecule has 0 bridgehead atoms. The van der Waals surface area contributed by atoms with E-state index in [2.05, 4.69) is 27.1 Å². The lowest BCUT2D eigenvalue weighted by molar-refractivity contribution is 0.101. The van der Waals surface area contributed by atoms with Crippen molar-refractivity contribution in [2.75, 3.05) is 5.32 Å². The number of nitrogens with zero attached hydrogens (tertiary/aromatic N) is 3. The number of aryl methyl sites for hydroxylation is 2. The van der Waals surface area contributed by atoms with Crippen LogP contribution in [0.15, 0.2) is 67.0 Å². The molecular formula is C23H18N4O. The summed E-state index contributed by atoms with van der Waals surface area (Å²) < 4.78 is 1.76. The SMILES string of the molecule is Cc1ccc(NC(=O)c2cc3c(C#Cc4ccccc4)ncnc3n2C)cc1. The van der Waals surface area contributed by atoms with Crippen molar-refractivity contribution in [2.45, 2.75) is 6.92 Å². The van der Waals surface area contributed by atoms with Crippen LogP contribution in [0, 0.1) is 18.8 Å². The molecule has 0 fully saturated rings. The Kier molecular flexibility index (Phi) is 4.61. The van der Waals surface area contributed by atoms with Gasteiger partial charge in [0.25, 0.3) is 5.91 Å². The molecule has 1 amide bonds. The fourth-order valence-electron chi connectivity index (χ4n) is 2.94. The quantitative estimate of drug-likeness (QED) is 0.547. The largest absolute Gasteiger partial charge is 0.324 e. The maximum absolute atomic E-state index is 12.8. The number of carbonyl (C=O) groups excluding carboxylic acids is 1. The molecule has 0 saturated carbocycles. The van der Waals surface area contributed by atoms with Crippen LogP contribution in [0.2, 0.25) is 0 Å². The first-order valence-electron chi connectivity index (χ1n) is 8.87. The maximum Gasteiger partial charge on any atom is 0.272 e. The smallest absolute Gasteiger partial charge is 0.272 e. The van der Waals surface area contributed by atoms with Crippen LogP contribution < -0.4 is 5.32 Å². The number of carbonyl (C=O) groups is 1. The molecule has 0 aliphatic rings. The minimum Gasteiger partial charge on any atom is -0.324 e. The van der Waals surface area contributed by atoms with E-state index in [1.165, 1.54) is 6.33 Å². The topological polar surface area (TPSA) is 59.8 Å². The molecule has 0 saturated heterocycles. The van der Waals surface area contributed by atoms with E-state index < -0.39 is 0 Å². The summed E-state index contributed by atoms with van der Waals surface area (Å²) in [6.07, 6.45) is 1.47. The number of hydrogen-bond donors (Lipinski definition) is 1. The van der Waals surface area contributed by atoms with Crippen molar-refractivity contribution in [1.29, 1.82) is 0 Å². The van der Waals surface area contributed by atoms with E-state index in [0.717, 1.165) is 22.2 Å². The highest BCUT2D eigenvalue weighted by Gasteiger charge is 2.16. The first-order valence-corrected chi connectivity index (χ1v) is 8.87. The van der Waals surface area contributed by atoms with Crippen LogP contribution in [0.4, 0.5) is 5.69 Å². The van der Waals surface area contributed by atoms with Gasteiger partial charge in [0.2, 0.25) is 0 Å². The number of nitrogens with one attached hydrogen (secondary N) is 1. The van der Waals surface area contributed by atoms with Crippen LogP contribution in [-0.4, -0.2) is 20.4 Å². The average Bonchev–Trinajstić information content (AvgIpc) is 3.06. The average molecular weight is 366 g/mol. The predicted molar refractivity (Wildman–Crippen MR) is 110 cm³/mol. The van der Waals surface area contributed by atoms with Gasteiger partial charge in [-0.15, -0.1) is 0 Å². The summed E-state index contributed by atoms with van der Waals surface area (Å²) in [6, 6.07) is 19.2. The molecule has 4 rings (SSSR count). The molecule has 0 unspecified atom stereocenters. The Morgan fingerprint density at radius 2 is 1.75 bits per heavy atom. The van der Waals surface area contributed by atoms with Crippen molar-refractivity contribution in [3.63, 3.8) is 0 Å². The standard InChI is InChI=1S/C23H18N4O/c1-16-8-11-18(12-9-16)26-23(28)21-14-19-20(24-15-25-22(19)27(21)2)13-10-17-6-4-3-5-7-17/h3-9,11-12,14-15H,1-2H3,(H,26,28).